The fraction of sp³-hybridized carbons (Fsp3) is 0.667. The normalized spacial score (nSPS) is 15.3. The minimum atomic E-state index is 0.717. The van der Waals surface area contributed by atoms with Gasteiger partial charge in [0.2, 0.25) is 0 Å². The van der Waals surface area contributed by atoms with Gasteiger partial charge >= 0.3 is 0 Å². The van der Waals surface area contributed by atoms with Crippen LogP contribution in [0, 0.1) is 0 Å². The number of nitrogens with two attached hydrogens (primary N) is 1. The molecule has 0 amide bonds. The van der Waals surface area contributed by atoms with Gasteiger partial charge in [0.05, 0.1) is 0 Å². The molecular formula is C12H21N5. The Labute approximate surface area is 103 Å². The zero-order chi connectivity index (χ0) is 12.1. The Morgan fingerprint density at radius 3 is 2.82 bits per heavy atom. The van der Waals surface area contributed by atoms with Gasteiger partial charge in [0, 0.05) is 32.7 Å². The molecule has 5 heteroatoms. The average molecular weight is 235 g/mol. The highest BCUT2D eigenvalue weighted by atomic mass is 15.2. The zero-order valence-corrected chi connectivity index (χ0v) is 10.5. The number of hydrogen-bond donors (Lipinski definition) is 1. The minimum absolute atomic E-state index is 0.717. The molecule has 0 unspecified atom stereocenters. The summed E-state index contributed by atoms with van der Waals surface area (Å²) in [5.41, 5.74) is 5.52. The van der Waals surface area contributed by atoms with Gasteiger partial charge in [-0.1, -0.05) is 0 Å². The minimum Gasteiger partial charge on any atom is -0.359 e. The van der Waals surface area contributed by atoms with Crippen LogP contribution < -0.4 is 15.5 Å². The molecule has 2 heterocycles. The highest BCUT2D eigenvalue weighted by molar-refractivity contribution is 5.50. The predicted molar refractivity (Wildman–Crippen MR) is 70.4 cm³/mol. The van der Waals surface area contributed by atoms with E-state index in [0.29, 0.717) is 6.54 Å². The second kappa shape index (κ2) is 5.82. The maximum atomic E-state index is 5.52. The summed E-state index contributed by atoms with van der Waals surface area (Å²) in [5, 5.41) is 0. The van der Waals surface area contributed by atoms with Crippen molar-refractivity contribution < 1.29 is 0 Å². The van der Waals surface area contributed by atoms with Crippen LogP contribution in [0.5, 0.6) is 0 Å². The smallest absolute Gasteiger partial charge is 0.134 e. The topological polar surface area (TPSA) is 58.3 Å². The van der Waals surface area contributed by atoms with E-state index in [-0.39, 0.29) is 0 Å². The number of anilines is 2. The first-order chi connectivity index (χ1) is 8.31. The number of hydrogen-bond acceptors (Lipinski definition) is 5. The van der Waals surface area contributed by atoms with Crippen molar-refractivity contribution in [2.75, 3.05) is 43.0 Å². The van der Waals surface area contributed by atoms with Crippen LogP contribution in [0.25, 0.3) is 0 Å². The molecule has 1 aromatic rings. The third-order valence-electron chi connectivity index (χ3n) is 3.16. The molecule has 94 valence electrons. The van der Waals surface area contributed by atoms with Gasteiger partial charge in [-0.25, -0.2) is 9.97 Å². The van der Waals surface area contributed by atoms with E-state index in [9.17, 15) is 0 Å². The standard InChI is InChI=1S/C12H21N5/c1-16(6-4-5-13)11-9-12(15-10-14-11)17-7-2-3-8-17/h9-10H,2-8,13H2,1H3. The van der Waals surface area contributed by atoms with Crippen LogP contribution in [0.2, 0.25) is 0 Å². The molecular weight excluding hydrogens is 214 g/mol. The Morgan fingerprint density at radius 1 is 1.35 bits per heavy atom. The average Bonchev–Trinajstić information content (AvgIpc) is 2.90. The first kappa shape index (κ1) is 12.1. The van der Waals surface area contributed by atoms with E-state index in [1.165, 1.54) is 12.8 Å². The molecule has 17 heavy (non-hydrogen) atoms. The van der Waals surface area contributed by atoms with Crippen molar-refractivity contribution in [3.63, 3.8) is 0 Å². The Balaban J connectivity index is 2.05. The fourth-order valence-electron chi connectivity index (χ4n) is 2.11. The SMILES string of the molecule is CN(CCCN)c1cc(N2CCCC2)ncn1. The summed E-state index contributed by atoms with van der Waals surface area (Å²) in [7, 11) is 2.05. The van der Waals surface area contributed by atoms with Crippen LogP contribution in [0.15, 0.2) is 12.4 Å². The summed E-state index contributed by atoms with van der Waals surface area (Å²) >= 11 is 0. The molecule has 0 radical (unpaired) electrons. The van der Waals surface area contributed by atoms with Crippen LogP contribution in [0.1, 0.15) is 19.3 Å². The Kier molecular flexibility index (Phi) is 4.14. The highest BCUT2D eigenvalue weighted by Gasteiger charge is 2.14. The predicted octanol–water partition coefficient (Wildman–Crippen LogP) is 0.862. The van der Waals surface area contributed by atoms with E-state index in [2.05, 4.69) is 25.8 Å². The van der Waals surface area contributed by atoms with E-state index in [1.807, 2.05) is 7.05 Å². The lowest BCUT2D eigenvalue weighted by Crippen LogP contribution is -2.24. The van der Waals surface area contributed by atoms with E-state index in [1.54, 1.807) is 6.33 Å². The van der Waals surface area contributed by atoms with Gasteiger partial charge in [-0.05, 0) is 25.8 Å². The first-order valence-corrected chi connectivity index (χ1v) is 6.29. The lowest BCUT2D eigenvalue weighted by Gasteiger charge is -2.21. The Hall–Kier alpha value is -1.36. The second-order valence-corrected chi connectivity index (χ2v) is 4.49. The van der Waals surface area contributed by atoms with Crippen molar-refractivity contribution in [2.45, 2.75) is 19.3 Å². The third kappa shape index (κ3) is 3.06. The van der Waals surface area contributed by atoms with Gasteiger partial charge in [0.1, 0.15) is 18.0 Å². The molecule has 2 N–H and O–H groups in total. The quantitative estimate of drug-likeness (QED) is 0.820. The molecule has 1 fully saturated rings. The second-order valence-electron chi connectivity index (χ2n) is 4.49. The van der Waals surface area contributed by atoms with E-state index < -0.39 is 0 Å². The summed E-state index contributed by atoms with van der Waals surface area (Å²) < 4.78 is 0. The summed E-state index contributed by atoms with van der Waals surface area (Å²) in [4.78, 5) is 13.1. The molecule has 1 saturated heterocycles. The van der Waals surface area contributed by atoms with Crippen molar-refractivity contribution in [3.05, 3.63) is 12.4 Å². The van der Waals surface area contributed by atoms with Crippen molar-refractivity contribution >= 4 is 11.6 Å². The van der Waals surface area contributed by atoms with Crippen LogP contribution in [-0.2, 0) is 0 Å². The molecule has 2 rings (SSSR count). The van der Waals surface area contributed by atoms with Gasteiger partial charge in [0.25, 0.3) is 0 Å². The van der Waals surface area contributed by atoms with Crippen LogP contribution in [-0.4, -0.2) is 43.2 Å². The molecule has 0 aromatic carbocycles. The van der Waals surface area contributed by atoms with Gasteiger partial charge in [-0.15, -0.1) is 0 Å². The van der Waals surface area contributed by atoms with Crippen LogP contribution in [0.4, 0.5) is 11.6 Å². The van der Waals surface area contributed by atoms with Gasteiger partial charge in [-0.3, -0.25) is 0 Å². The molecule has 1 aliphatic rings. The van der Waals surface area contributed by atoms with Crippen molar-refractivity contribution in [3.8, 4) is 0 Å². The lowest BCUT2D eigenvalue weighted by atomic mass is 10.4. The van der Waals surface area contributed by atoms with E-state index >= 15 is 0 Å². The summed E-state index contributed by atoms with van der Waals surface area (Å²) in [6, 6.07) is 2.07. The molecule has 0 atom stereocenters. The molecule has 0 aliphatic carbocycles. The van der Waals surface area contributed by atoms with Crippen LogP contribution >= 0.6 is 0 Å². The maximum Gasteiger partial charge on any atom is 0.134 e. The molecule has 0 spiro atoms. The summed E-state index contributed by atoms with van der Waals surface area (Å²) in [6.45, 7) is 3.88. The van der Waals surface area contributed by atoms with Crippen LogP contribution in [0.3, 0.4) is 0 Å². The van der Waals surface area contributed by atoms with E-state index in [4.69, 9.17) is 5.73 Å². The summed E-state index contributed by atoms with van der Waals surface area (Å²) in [5.74, 6) is 2.03. The Bertz CT molecular complexity index is 349. The molecule has 1 aromatic heterocycles. The van der Waals surface area contributed by atoms with Crippen molar-refractivity contribution in [1.82, 2.24) is 9.97 Å². The molecule has 0 saturated carbocycles. The molecule has 0 bridgehead atoms. The molecule has 1 aliphatic heterocycles. The molecule has 5 nitrogen and oxygen atoms in total. The summed E-state index contributed by atoms with van der Waals surface area (Å²) in [6.07, 6.45) is 5.17. The number of aromatic nitrogens is 2. The fourth-order valence-corrected chi connectivity index (χ4v) is 2.11. The van der Waals surface area contributed by atoms with E-state index in [0.717, 1.165) is 37.7 Å². The van der Waals surface area contributed by atoms with Gasteiger partial charge < -0.3 is 15.5 Å². The lowest BCUT2D eigenvalue weighted by molar-refractivity contribution is 0.783. The maximum absolute atomic E-state index is 5.52. The van der Waals surface area contributed by atoms with Crippen molar-refractivity contribution in [1.29, 1.82) is 0 Å². The first-order valence-electron chi connectivity index (χ1n) is 6.29. The van der Waals surface area contributed by atoms with Crippen molar-refractivity contribution in [2.24, 2.45) is 5.73 Å². The highest BCUT2D eigenvalue weighted by Crippen LogP contribution is 2.20. The monoisotopic (exact) mass is 235 g/mol. The number of rotatable bonds is 5. The largest absolute Gasteiger partial charge is 0.359 e. The third-order valence-corrected chi connectivity index (χ3v) is 3.16. The zero-order valence-electron chi connectivity index (χ0n) is 10.5. The number of nitrogens with zero attached hydrogens (tertiary/aromatic N) is 4. The Morgan fingerprint density at radius 2 is 2.12 bits per heavy atom. The van der Waals surface area contributed by atoms with Gasteiger partial charge in [-0.2, -0.15) is 0 Å². The van der Waals surface area contributed by atoms with Gasteiger partial charge in [0.15, 0.2) is 0 Å².